The Morgan fingerprint density at radius 2 is 1.73 bits per heavy atom. The zero-order valence-corrected chi connectivity index (χ0v) is 21.5. The Kier molecular flexibility index (Phi) is 5.98. The summed E-state index contributed by atoms with van der Waals surface area (Å²) >= 11 is 6.27. The van der Waals surface area contributed by atoms with Crippen molar-refractivity contribution in [1.29, 1.82) is 0 Å². The first-order valence-electron chi connectivity index (χ1n) is 12.0. The summed E-state index contributed by atoms with van der Waals surface area (Å²) in [4.78, 5) is 26.1. The molecule has 3 aromatic rings. The number of ether oxygens (including phenoxy) is 6. The Morgan fingerprint density at radius 1 is 1.00 bits per heavy atom. The number of imidazole rings is 1. The number of aromatic nitrogens is 4. The molecule has 5 heterocycles. The van der Waals surface area contributed by atoms with E-state index in [2.05, 4.69) is 15.0 Å². The van der Waals surface area contributed by atoms with Crippen molar-refractivity contribution in [3.63, 3.8) is 0 Å². The fourth-order valence-electron chi connectivity index (χ4n) is 5.08. The maximum Gasteiger partial charge on any atom is 0.338 e. The van der Waals surface area contributed by atoms with E-state index >= 15 is 0 Å². The topological polar surface area (TPSA) is 116 Å². The van der Waals surface area contributed by atoms with Gasteiger partial charge in [0.1, 0.15) is 36.3 Å². The number of nitrogens with zero attached hydrogens (tertiary/aromatic N) is 4. The molecule has 3 aliphatic rings. The number of benzene rings is 1. The van der Waals surface area contributed by atoms with Gasteiger partial charge in [-0.25, -0.2) is 19.7 Å². The average Bonchev–Trinajstić information content (AvgIpc) is 3.41. The molecule has 6 atom stereocenters. The number of carbonyl (C=O) groups is 1. The molecule has 3 fully saturated rings. The van der Waals surface area contributed by atoms with Crippen molar-refractivity contribution in [2.45, 2.75) is 76.0 Å². The first-order valence-corrected chi connectivity index (χ1v) is 12.4. The number of hydrogen-bond donors (Lipinski definition) is 0. The molecule has 11 nitrogen and oxygen atoms in total. The Hall–Kier alpha value is -2.67. The van der Waals surface area contributed by atoms with Gasteiger partial charge < -0.3 is 28.4 Å². The van der Waals surface area contributed by atoms with Gasteiger partial charge in [-0.3, -0.25) is 4.57 Å². The van der Waals surface area contributed by atoms with Gasteiger partial charge in [-0.2, -0.15) is 0 Å². The fourth-order valence-corrected chi connectivity index (χ4v) is 5.26. The molecule has 0 spiro atoms. The molecule has 2 aromatic heterocycles. The van der Waals surface area contributed by atoms with E-state index in [9.17, 15) is 4.79 Å². The van der Waals surface area contributed by atoms with Gasteiger partial charge in [-0.05, 0) is 39.8 Å². The van der Waals surface area contributed by atoms with Crippen molar-refractivity contribution < 1.29 is 33.2 Å². The number of carbonyl (C=O) groups excluding carboxylic acids is 1. The molecule has 0 radical (unpaired) electrons. The van der Waals surface area contributed by atoms with Crippen molar-refractivity contribution in [2.75, 3.05) is 6.61 Å². The quantitative estimate of drug-likeness (QED) is 0.369. The van der Waals surface area contributed by atoms with E-state index in [0.29, 0.717) is 16.7 Å². The number of hydrogen-bond acceptors (Lipinski definition) is 10. The minimum absolute atomic E-state index is 0.193. The van der Waals surface area contributed by atoms with Gasteiger partial charge in [-0.15, -0.1) is 0 Å². The van der Waals surface area contributed by atoms with Crippen molar-refractivity contribution in [1.82, 2.24) is 19.5 Å². The van der Waals surface area contributed by atoms with Crippen LogP contribution >= 0.6 is 11.6 Å². The van der Waals surface area contributed by atoms with E-state index in [1.54, 1.807) is 28.8 Å². The molecule has 0 aliphatic carbocycles. The molecule has 0 amide bonds. The van der Waals surface area contributed by atoms with E-state index in [4.69, 9.17) is 40.0 Å². The van der Waals surface area contributed by atoms with E-state index in [1.807, 2.05) is 33.8 Å². The van der Waals surface area contributed by atoms with Crippen LogP contribution in [0.3, 0.4) is 0 Å². The molecule has 37 heavy (non-hydrogen) atoms. The monoisotopic (exact) mass is 530 g/mol. The summed E-state index contributed by atoms with van der Waals surface area (Å²) in [5.41, 5.74) is 1.19. The largest absolute Gasteiger partial charge is 0.451 e. The highest BCUT2D eigenvalue weighted by molar-refractivity contribution is 6.33. The molecule has 3 saturated heterocycles. The molecule has 196 valence electrons. The fraction of sp³-hybridized carbons (Fsp3) is 0.520. The second kappa shape index (κ2) is 8.97. The molecular formula is C25H27ClN4O7. The third-order valence-electron chi connectivity index (χ3n) is 6.63. The second-order valence-electron chi connectivity index (χ2n) is 10.1. The van der Waals surface area contributed by atoms with Crippen LogP contribution in [0.15, 0.2) is 43.0 Å². The lowest BCUT2D eigenvalue weighted by atomic mass is 9.99. The Bertz CT molecular complexity index is 1320. The Balaban J connectivity index is 1.47. The third kappa shape index (κ3) is 4.49. The lowest BCUT2D eigenvalue weighted by molar-refractivity contribution is -0.332. The lowest BCUT2D eigenvalue weighted by Gasteiger charge is -2.42. The summed E-state index contributed by atoms with van der Waals surface area (Å²) in [6.45, 7) is 7.51. The van der Waals surface area contributed by atoms with Crippen LogP contribution in [0.2, 0.25) is 5.15 Å². The first-order chi connectivity index (χ1) is 17.6. The van der Waals surface area contributed by atoms with Crippen LogP contribution in [-0.4, -0.2) is 74.2 Å². The third-order valence-corrected chi connectivity index (χ3v) is 6.91. The second-order valence-corrected chi connectivity index (χ2v) is 10.5. The highest BCUT2D eigenvalue weighted by Crippen LogP contribution is 2.44. The summed E-state index contributed by atoms with van der Waals surface area (Å²) in [6.07, 6.45) is -1.51. The zero-order chi connectivity index (χ0) is 25.9. The minimum Gasteiger partial charge on any atom is -0.451 e. The maximum absolute atomic E-state index is 13.3. The molecule has 6 rings (SSSR count). The summed E-state index contributed by atoms with van der Waals surface area (Å²) < 4.78 is 39.3. The zero-order valence-electron chi connectivity index (χ0n) is 20.7. The highest BCUT2D eigenvalue weighted by Gasteiger charge is 2.60. The first kappa shape index (κ1) is 24.7. The molecule has 0 saturated carbocycles. The van der Waals surface area contributed by atoms with Crippen molar-refractivity contribution in [2.24, 2.45) is 0 Å². The van der Waals surface area contributed by atoms with Crippen LogP contribution in [0.5, 0.6) is 0 Å². The van der Waals surface area contributed by atoms with Crippen LogP contribution in [0.4, 0.5) is 0 Å². The van der Waals surface area contributed by atoms with Crippen LogP contribution in [0.25, 0.3) is 11.2 Å². The molecular weight excluding hydrogens is 504 g/mol. The molecule has 12 heteroatoms. The Labute approximate surface area is 217 Å². The molecule has 0 bridgehead atoms. The molecule has 1 aromatic carbocycles. The summed E-state index contributed by atoms with van der Waals surface area (Å²) in [6, 6.07) is 8.72. The molecule has 4 unspecified atom stereocenters. The van der Waals surface area contributed by atoms with Gasteiger partial charge in [0.2, 0.25) is 0 Å². The summed E-state index contributed by atoms with van der Waals surface area (Å²) in [5.74, 6) is -2.37. The molecule has 0 N–H and O–H groups in total. The normalized spacial score (nSPS) is 32.4. The van der Waals surface area contributed by atoms with E-state index in [-0.39, 0.29) is 11.8 Å². The molecule has 3 aliphatic heterocycles. The minimum atomic E-state index is -0.970. The van der Waals surface area contributed by atoms with E-state index < -0.39 is 54.3 Å². The number of rotatable bonds is 3. The SMILES string of the molecule is CC1(C)OCC2OC(n3cnc4c(Cl)ncnc43)C(OC(=O)c3ccccc3)[C@@H]3OC(C)(C)OC3[C@H]2O1. The van der Waals surface area contributed by atoms with Crippen LogP contribution in [0.1, 0.15) is 44.3 Å². The standard InChI is InChI=1S/C25H27ClN4O7/c1-24(2)32-10-14-16(35-24)17-18(37-25(3,4)36-17)19(34-23(31)13-8-6-5-7-9-13)22(33-14)30-12-29-15-20(26)27-11-28-21(15)30/h5-9,11-12,14,16-19,22H,10H2,1-4H3/t14?,16-,17?,18+,19?,22?/m0/s1. The van der Waals surface area contributed by atoms with Crippen molar-refractivity contribution >= 4 is 28.7 Å². The van der Waals surface area contributed by atoms with E-state index in [1.165, 1.54) is 12.7 Å². The van der Waals surface area contributed by atoms with E-state index in [0.717, 1.165) is 0 Å². The Morgan fingerprint density at radius 3 is 2.51 bits per heavy atom. The van der Waals surface area contributed by atoms with Gasteiger partial charge in [-0.1, -0.05) is 29.8 Å². The highest BCUT2D eigenvalue weighted by atomic mass is 35.5. The van der Waals surface area contributed by atoms with Crippen molar-refractivity contribution in [3.8, 4) is 0 Å². The van der Waals surface area contributed by atoms with Crippen LogP contribution in [0, 0.1) is 0 Å². The lowest BCUT2D eigenvalue weighted by Crippen LogP contribution is -2.55. The van der Waals surface area contributed by atoms with Gasteiger partial charge in [0.25, 0.3) is 0 Å². The maximum atomic E-state index is 13.3. The number of esters is 1. The van der Waals surface area contributed by atoms with Crippen molar-refractivity contribution in [3.05, 3.63) is 53.7 Å². The number of fused-ring (bicyclic) bond motifs is 4. The van der Waals surface area contributed by atoms with Crippen LogP contribution in [-0.2, 0) is 28.4 Å². The van der Waals surface area contributed by atoms with Gasteiger partial charge >= 0.3 is 5.97 Å². The summed E-state index contributed by atoms with van der Waals surface area (Å²) in [5, 5.41) is 0.193. The predicted octanol–water partition coefficient (Wildman–Crippen LogP) is 3.27. The number of halogens is 1. The van der Waals surface area contributed by atoms with Crippen LogP contribution < -0.4 is 0 Å². The van der Waals surface area contributed by atoms with Gasteiger partial charge in [0.05, 0.1) is 18.5 Å². The van der Waals surface area contributed by atoms with Gasteiger partial charge in [0.15, 0.2) is 34.7 Å². The van der Waals surface area contributed by atoms with Gasteiger partial charge in [0, 0.05) is 0 Å². The summed E-state index contributed by atoms with van der Waals surface area (Å²) in [7, 11) is 0. The predicted molar refractivity (Wildman–Crippen MR) is 129 cm³/mol. The smallest absolute Gasteiger partial charge is 0.338 e. The average molecular weight is 531 g/mol.